The van der Waals surface area contributed by atoms with E-state index in [9.17, 15) is 0 Å². The second kappa shape index (κ2) is 6.72. The SMILES string of the molecule is Cc1cn(N=Cc2cccc(CN3CCOCC3)c2)c(N)n1. The summed E-state index contributed by atoms with van der Waals surface area (Å²) in [5, 5.41) is 4.36. The fourth-order valence-corrected chi connectivity index (χ4v) is 2.51. The molecule has 6 nitrogen and oxygen atoms in total. The summed E-state index contributed by atoms with van der Waals surface area (Å²) in [5.74, 6) is 0.401. The van der Waals surface area contributed by atoms with E-state index >= 15 is 0 Å². The summed E-state index contributed by atoms with van der Waals surface area (Å²) in [7, 11) is 0. The zero-order valence-electron chi connectivity index (χ0n) is 12.8. The normalized spacial score (nSPS) is 16.4. The third-order valence-electron chi connectivity index (χ3n) is 3.63. The van der Waals surface area contributed by atoms with Crippen LogP contribution in [0.25, 0.3) is 0 Å². The number of rotatable bonds is 4. The molecule has 0 aliphatic carbocycles. The van der Waals surface area contributed by atoms with Crippen molar-refractivity contribution in [2.45, 2.75) is 13.5 Å². The molecule has 1 fully saturated rings. The van der Waals surface area contributed by atoms with E-state index in [1.807, 2.05) is 19.2 Å². The largest absolute Gasteiger partial charge is 0.379 e. The Hall–Kier alpha value is -2.18. The number of imidazole rings is 1. The van der Waals surface area contributed by atoms with E-state index in [0.717, 1.165) is 44.1 Å². The van der Waals surface area contributed by atoms with Gasteiger partial charge in [0.1, 0.15) is 0 Å². The molecular formula is C16H21N5O. The summed E-state index contributed by atoms with van der Waals surface area (Å²) in [6, 6.07) is 8.38. The van der Waals surface area contributed by atoms with Crippen LogP contribution >= 0.6 is 0 Å². The Labute approximate surface area is 130 Å². The first kappa shape index (κ1) is 14.7. The Kier molecular flexibility index (Phi) is 4.50. The summed E-state index contributed by atoms with van der Waals surface area (Å²) in [5.41, 5.74) is 8.97. The standard InChI is InChI=1S/C16H21N5O/c1-13-11-21(16(17)19-13)18-10-14-3-2-4-15(9-14)12-20-5-7-22-8-6-20/h2-4,9-11H,5-8,12H2,1H3,(H2,17,19). The number of ether oxygens (including phenoxy) is 1. The van der Waals surface area contributed by atoms with Gasteiger partial charge in [-0.15, -0.1) is 0 Å². The van der Waals surface area contributed by atoms with Gasteiger partial charge in [-0.05, 0) is 24.1 Å². The monoisotopic (exact) mass is 299 g/mol. The van der Waals surface area contributed by atoms with E-state index in [0.29, 0.717) is 5.95 Å². The van der Waals surface area contributed by atoms with Gasteiger partial charge < -0.3 is 10.5 Å². The summed E-state index contributed by atoms with van der Waals surface area (Å²) in [6.07, 6.45) is 3.61. The average molecular weight is 299 g/mol. The molecule has 1 saturated heterocycles. The lowest BCUT2D eigenvalue weighted by molar-refractivity contribution is 0.0342. The zero-order chi connectivity index (χ0) is 15.4. The molecular weight excluding hydrogens is 278 g/mol. The van der Waals surface area contributed by atoms with Crippen molar-refractivity contribution >= 4 is 12.2 Å². The lowest BCUT2D eigenvalue weighted by atomic mass is 10.1. The summed E-state index contributed by atoms with van der Waals surface area (Å²) in [4.78, 5) is 6.53. The van der Waals surface area contributed by atoms with E-state index < -0.39 is 0 Å². The van der Waals surface area contributed by atoms with Gasteiger partial charge in [-0.2, -0.15) is 5.10 Å². The van der Waals surface area contributed by atoms with Crippen LogP contribution in [-0.4, -0.2) is 47.1 Å². The predicted molar refractivity (Wildman–Crippen MR) is 86.9 cm³/mol. The van der Waals surface area contributed by atoms with Crippen LogP contribution in [0.5, 0.6) is 0 Å². The van der Waals surface area contributed by atoms with Crippen molar-refractivity contribution in [1.29, 1.82) is 0 Å². The molecule has 3 rings (SSSR count). The van der Waals surface area contributed by atoms with E-state index in [-0.39, 0.29) is 0 Å². The number of aromatic nitrogens is 2. The molecule has 22 heavy (non-hydrogen) atoms. The highest BCUT2D eigenvalue weighted by molar-refractivity contribution is 5.79. The smallest absolute Gasteiger partial charge is 0.221 e. The van der Waals surface area contributed by atoms with Gasteiger partial charge in [-0.25, -0.2) is 9.66 Å². The van der Waals surface area contributed by atoms with Gasteiger partial charge in [0.2, 0.25) is 5.95 Å². The zero-order valence-corrected chi connectivity index (χ0v) is 12.8. The van der Waals surface area contributed by atoms with Gasteiger partial charge in [-0.1, -0.05) is 18.2 Å². The molecule has 1 aliphatic heterocycles. The minimum atomic E-state index is 0.401. The van der Waals surface area contributed by atoms with Crippen LogP contribution in [-0.2, 0) is 11.3 Å². The summed E-state index contributed by atoms with van der Waals surface area (Å²) >= 11 is 0. The fourth-order valence-electron chi connectivity index (χ4n) is 2.51. The third-order valence-corrected chi connectivity index (χ3v) is 3.63. The number of morpholine rings is 1. The van der Waals surface area contributed by atoms with Crippen LogP contribution in [0.15, 0.2) is 35.6 Å². The molecule has 1 aliphatic rings. The lowest BCUT2D eigenvalue weighted by Crippen LogP contribution is -2.35. The highest BCUT2D eigenvalue weighted by Gasteiger charge is 2.10. The van der Waals surface area contributed by atoms with Gasteiger partial charge in [0.15, 0.2) is 0 Å². The Balaban J connectivity index is 1.69. The van der Waals surface area contributed by atoms with Crippen LogP contribution in [0.1, 0.15) is 16.8 Å². The van der Waals surface area contributed by atoms with Crippen LogP contribution in [0.4, 0.5) is 5.95 Å². The van der Waals surface area contributed by atoms with E-state index in [1.54, 1.807) is 10.9 Å². The number of aryl methyl sites for hydroxylation is 1. The van der Waals surface area contributed by atoms with E-state index in [4.69, 9.17) is 10.5 Å². The maximum atomic E-state index is 5.78. The molecule has 0 unspecified atom stereocenters. The first-order chi connectivity index (χ1) is 10.7. The molecule has 1 aromatic carbocycles. The lowest BCUT2D eigenvalue weighted by Gasteiger charge is -2.26. The van der Waals surface area contributed by atoms with E-state index in [2.05, 4.69) is 33.2 Å². The van der Waals surface area contributed by atoms with Crippen molar-refractivity contribution in [3.05, 3.63) is 47.3 Å². The van der Waals surface area contributed by atoms with Crippen molar-refractivity contribution in [1.82, 2.24) is 14.6 Å². The molecule has 0 atom stereocenters. The van der Waals surface area contributed by atoms with Crippen molar-refractivity contribution < 1.29 is 4.74 Å². The van der Waals surface area contributed by atoms with Crippen LogP contribution in [0, 0.1) is 6.92 Å². The molecule has 6 heteroatoms. The number of benzene rings is 1. The van der Waals surface area contributed by atoms with Gasteiger partial charge in [0, 0.05) is 19.6 Å². The van der Waals surface area contributed by atoms with E-state index in [1.165, 1.54) is 5.56 Å². The molecule has 2 heterocycles. The number of hydrogen-bond donors (Lipinski definition) is 1. The number of nitrogen functional groups attached to an aromatic ring is 1. The Bertz CT molecular complexity index is 658. The van der Waals surface area contributed by atoms with Gasteiger partial charge in [0.05, 0.1) is 31.3 Å². The van der Waals surface area contributed by atoms with Gasteiger partial charge >= 0.3 is 0 Å². The molecule has 116 valence electrons. The fraction of sp³-hybridized carbons (Fsp3) is 0.375. The molecule has 0 saturated carbocycles. The number of anilines is 1. The van der Waals surface area contributed by atoms with Crippen LogP contribution in [0.3, 0.4) is 0 Å². The summed E-state index contributed by atoms with van der Waals surface area (Å²) < 4.78 is 6.97. The van der Waals surface area contributed by atoms with Crippen molar-refractivity contribution in [2.75, 3.05) is 32.0 Å². The maximum absolute atomic E-state index is 5.78. The van der Waals surface area contributed by atoms with Crippen molar-refractivity contribution in [3.63, 3.8) is 0 Å². The van der Waals surface area contributed by atoms with Crippen molar-refractivity contribution in [2.24, 2.45) is 5.10 Å². The van der Waals surface area contributed by atoms with Gasteiger partial charge in [-0.3, -0.25) is 4.90 Å². The van der Waals surface area contributed by atoms with Crippen molar-refractivity contribution in [3.8, 4) is 0 Å². The number of hydrogen-bond acceptors (Lipinski definition) is 5. The topological polar surface area (TPSA) is 68.7 Å². The first-order valence-corrected chi connectivity index (χ1v) is 7.45. The number of nitrogens with two attached hydrogens (primary N) is 1. The first-order valence-electron chi connectivity index (χ1n) is 7.45. The van der Waals surface area contributed by atoms with Crippen LogP contribution < -0.4 is 5.73 Å². The minimum Gasteiger partial charge on any atom is -0.379 e. The average Bonchev–Trinajstić information content (AvgIpc) is 2.84. The Morgan fingerprint density at radius 1 is 1.36 bits per heavy atom. The number of nitrogens with zero attached hydrogens (tertiary/aromatic N) is 4. The quantitative estimate of drug-likeness (QED) is 0.869. The highest BCUT2D eigenvalue weighted by atomic mass is 16.5. The molecule has 0 radical (unpaired) electrons. The molecule has 2 aromatic rings. The molecule has 0 amide bonds. The second-order valence-corrected chi connectivity index (χ2v) is 5.46. The Morgan fingerprint density at radius 3 is 2.91 bits per heavy atom. The molecule has 0 bridgehead atoms. The predicted octanol–water partition coefficient (Wildman–Crippen LogP) is 1.49. The third kappa shape index (κ3) is 3.72. The maximum Gasteiger partial charge on any atom is 0.221 e. The summed E-state index contributed by atoms with van der Waals surface area (Å²) in [6.45, 7) is 6.45. The highest BCUT2D eigenvalue weighted by Crippen LogP contribution is 2.09. The molecule has 0 spiro atoms. The van der Waals surface area contributed by atoms with Crippen LogP contribution in [0.2, 0.25) is 0 Å². The minimum absolute atomic E-state index is 0.401. The molecule has 2 N–H and O–H groups in total. The second-order valence-electron chi connectivity index (χ2n) is 5.46. The molecule has 1 aromatic heterocycles. The Morgan fingerprint density at radius 2 is 2.18 bits per heavy atom. The van der Waals surface area contributed by atoms with Gasteiger partial charge in [0.25, 0.3) is 0 Å².